The highest BCUT2D eigenvalue weighted by Gasteiger charge is 2.60. The van der Waals surface area contributed by atoms with Gasteiger partial charge in [-0.25, -0.2) is 0 Å². The molecule has 1 aliphatic carbocycles. The van der Waals surface area contributed by atoms with Crippen LogP contribution in [0.15, 0.2) is 12.2 Å². The SMILES string of the molecule is CC(C)CCCCCCCCC1(C(=O)O)CC=CCC1(CC(C)C)C(=O)O. The molecule has 0 bridgehead atoms. The average Bonchev–Trinajstić information content (AvgIpc) is 2.57. The monoisotopic (exact) mass is 380 g/mol. The van der Waals surface area contributed by atoms with E-state index in [2.05, 4.69) is 13.8 Å². The van der Waals surface area contributed by atoms with E-state index in [-0.39, 0.29) is 5.92 Å². The van der Waals surface area contributed by atoms with Crippen LogP contribution in [0.1, 0.15) is 98.3 Å². The van der Waals surface area contributed by atoms with Crippen LogP contribution in [-0.4, -0.2) is 22.2 Å². The van der Waals surface area contributed by atoms with Gasteiger partial charge in [0.2, 0.25) is 0 Å². The average molecular weight is 381 g/mol. The van der Waals surface area contributed by atoms with Gasteiger partial charge in [-0.2, -0.15) is 0 Å². The van der Waals surface area contributed by atoms with Gasteiger partial charge in [-0.05, 0) is 37.5 Å². The molecule has 0 aromatic carbocycles. The van der Waals surface area contributed by atoms with Gasteiger partial charge in [-0.15, -0.1) is 0 Å². The van der Waals surface area contributed by atoms with E-state index in [0.717, 1.165) is 25.2 Å². The quantitative estimate of drug-likeness (QED) is 0.290. The maximum absolute atomic E-state index is 12.3. The first-order chi connectivity index (χ1) is 12.7. The van der Waals surface area contributed by atoms with Crippen LogP contribution in [0.25, 0.3) is 0 Å². The summed E-state index contributed by atoms with van der Waals surface area (Å²) >= 11 is 0. The Morgan fingerprint density at radius 3 is 1.74 bits per heavy atom. The second-order valence-electron chi connectivity index (χ2n) is 9.31. The predicted molar refractivity (Wildman–Crippen MR) is 110 cm³/mol. The van der Waals surface area contributed by atoms with Crippen molar-refractivity contribution in [2.45, 2.75) is 98.3 Å². The van der Waals surface area contributed by atoms with Gasteiger partial charge in [0.15, 0.2) is 0 Å². The minimum absolute atomic E-state index is 0.146. The Hall–Kier alpha value is -1.32. The van der Waals surface area contributed by atoms with Gasteiger partial charge in [0.25, 0.3) is 0 Å². The fourth-order valence-corrected chi connectivity index (χ4v) is 4.74. The van der Waals surface area contributed by atoms with Crippen LogP contribution in [0.3, 0.4) is 0 Å². The number of hydrogen-bond donors (Lipinski definition) is 2. The summed E-state index contributed by atoms with van der Waals surface area (Å²) in [6.07, 6.45) is 13.1. The van der Waals surface area contributed by atoms with Crippen molar-refractivity contribution in [1.82, 2.24) is 0 Å². The zero-order valence-electron chi connectivity index (χ0n) is 17.8. The number of allylic oxidation sites excluding steroid dienone is 2. The molecule has 0 amide bonds. The van der Waals surface area contributed by atoms with Gasteiger partial charge in [0.05, 0.1) is 10.8 Å². The molecule has 4 nitrogen and oxygen atoms in total. The molecule has 0 heterocycles. The molecular formula is C23H40O4. The lowest BCUT2D eigenvalue weighted by Gasteiger charge is -2.47. The largest absolute Gasteiger partial charge is 0.481 e. The lowest BCUT2D eigenvalue weighted by molar-refractivity contribution is -0.178. The minimum atomic E-state index is -1.20. The summed E-state index contributed by atoms with van der Waals surface area (Å²) in [7, 11) is 0. The summed E-state index contributed by atoms with van der Waals surface area (Å²) in [6.45, 7) is 8.45. The molecule has 2 atom stereocenters. The van der Waals surface area contributed by atoms with E-state index >= 15 is 0 Å². The Morgan fingerprint density at radius 2 is 1.26 bits per heavy atom. The summed E-state index contributed by atoms with van der Waals surface area (Å²) < 4.78 is 0. The Kier molecular flexibility index (Phi) is 9.55. The first kappa shape index (κ1) is 23.7. The molecule has 156 valence electrons. The van der Waals surface area contributed by atoms with Crippen molar-refractivity contribution in [3.8, 4) is 0 Å². The number of rotatable bonds is 13. The normalized spacial score (nSPS) is 25.3. The van der Waals surface area contributed by atoms with Crippen molar-refractivity contribution in [3.63, 3.8) is 0 Å². The molecule has 2 unspecified atom stereocenters. The number of carboxylic acid groups (broad SMARTS) is 2. The second-order valence-corrected chi connectivity index (χ2v) is 9.31. The van der Waals surface area contributed by atoms with Gasteiger partial charge in [-0.1, -0.05) is 84.8 Å². The van der Waals surface area contributed by atoms with Crippen LogP contribution in [0.5, 0.6) is 0 Å². The highest BCUT2D eigenvalue weighted by molar-refractivity contribution is 5.87. The van der Waals surface area contributed by atoms with E-state index in [1.807, 2.05) is 26.0 Å². The smallest absolute Gasteiger partial charge is 0.311 e. The standard InChI is InChI=1S/C23H40O4/c1-18(2)13-9-7-5-6-8-10-14-22(20(24)25)15-11-12-16-23(22,21(26)27)17-19(3)4/h11-12,18-19H,5-10,13-17H2,1-4H3,(H,24,25)(H,26,27). The van der Waals surface area contributed by atoms with Crippen molar-refractivity contribution in [2.24, 2.45) is 22.7 Å². The van der Waals surface area contributed by atoms with Gasteiger partial charge in [0.1, 0.15) is 0 Å². The molecule has 1 rings (SSSR count). The highest BCUT2D eigenvalue weighted by Crippen LogP contribution is 2.55. The van der Waals surface area contributed by atoms with Crippen molar-refractivity contribution in [3.05, 3.63) is 12.2 Å². The lowest BCUT2D eigenvalue weighted by atomic mass is 9.53. The van der Waals surface area contributed by atoms with Crippen LogP contribution >= 0.6 is 0 Å². The second kappa shape index (κ2) is 10.9. The zero-order chi connectivity index (χ0) is 20.5. The Morgan fingerprint density at radius 1 is 0.778 bits per heavy atom. The first-order valence-corrected chi connectivity index (χ1v) is 10.8. The third kappa shape index (κ3) is 6.08. The molecule has 4 heteroatoms. The van der Waals surface area contributed by atoms with Gasteiger partial charge in [-0.3, -0.25) is 9.59 Å². The molecule has 1 aliphatic rings. The van der Waals surface area contributed by atoms with Crippen molar-refractivity contribution >= 4 is 11.9 Å². The maximum Gasteiger partial charge on any atom is 0.311 e. The minimum Gasteiger partial charge on any atom is -0.481 e. The molecule has 2 N–H and O–H groups in total. The van der Waals surface area contributed by atoms with Crippen LogP contribution in [0.4, 0.5) is 0 Å². The molecule has 0 saturated heterocycles. The number of carbonyl (C=O) groups is 2. The number of hydrogen-bond acceptors (Lipinski definition) is 2. The van der Waals surface area contributed by atoms with Crippen molar-refractivity contribution in [1.29, 1.82) is 0 Å². The van der Waals surface area contributed by atoms with E-state index in [0.29, 0.717) is 25.7 Å². The summed E-state index contributed by atoms with van der Waals surface area (Å²) in [6, 6.07) is 0. The predicted octanol–water partition coefficient (Wildman–Crippen LogP) is 6.30. The van der Waals surface area contributed by atoms with Gasteiger partial charge in [0, 0.05) is 0 Å². The fourth-order valence-electron chi connectivity index (χ4n) is 4.74. The van der Waals surface area contributed by atoms with Crippen LogP contribution in [-0.2, 0) is 9.59 Å². The van der Waals surface area contributed by atoms with E-state index in [9.17, 15) is 19.8 Å². The van der Waals surface area contributed by atoms with E-state index in [1.54, 1.807) is 0 Å². The van der Waals surface area contributed by atoms with Crippen LogP contribution < -0.4 is 0 Å². The molecular weight excluding hydrogens is 340 g/mol. The van der Waals surface area contributed by atoms with Crippen molar-refractivity contribution in [2.75, 3.05) is 0 Å². The lowest BCUT2D eigenvalue weighted by Crippen LogP contribution is -2.54. The molecule has 0 aromatic rings. The van der Waals surface area contributed by atoms with Crippen LogP contribution in [0.2, 0.25) is 0 Å². The van der Waals surface area contributed by atoms with E-state index in [4.69, 9.17) is 0 Å². The molecule has 0 spiro atoms. The van der Waals surface area contributed by atoms with E-state index in [1.165, 1.54) is 25.7 Å². The molecule has 0 fully saturated rings. The summed E-state index contributed by atoms with van der Waals surface area (Å²) in [4.78, 5) is 24.6. The molecule has 0 aromatic heterocycles. The molecule has 0 radical (unpaired) electrons. The summed E-state index contributed by atoms with van der Waals surface area (Å²) in [5.74, 6) is -0.986. The number of unbranched alkanes of at least 4 members (excludes halogenated alkanes) is 5. The summed E-state index contributed by atoms with van der Waals surface area (Å²) in [5.41, 5.74) is -2.38. The Bertz CT molecular complexity index is 509. The van der Waals surface area contributed by atoms with Crippen molar-refractivity contribution < 1.29 is 19.8 Å². The topological polar surface area (TPSA) is 74.6 Å². The van der Waals surface area contributed by atoms with Gasteiger partial charge < -0.3 is 10.2 Å². The Balaban J connectivity index is 2.73. The molecule has 0 aliphatic heterocycles. The third-order valence-electron chi connectivity index (χ3n) is 6.23. The Labute approximate surface area is 165 Å². The zero-order valence-corrected chi connectivity index (χ0v) is 17.8. The van der Waals surface area contributed by atoms with Crippen LogP contribution in [0, 0.1) is 22.7 Å². The van der Waals surface area contributed by atoms with Gasteiger partial charge >= 0.3 is 11.9 Å². The fraction of sp³-hybridized carbons (Fsp3) is 0.826. The number of carboxylic acids is 2. The number of aliphatic carboxylic acids is 2. The first-order valence-electron chi connectivity index (χ1n) is 10.8. The summed E-state index contributed by atoms with van der Waals surface area (Å²) in [5, 5.41) is 20.2. The van der Waals surface area contributed by atoms with E-state index < -0.39 is 22.8 Å². The molecule has 0 saturated carbocycles. The molecule has 27 heavy (non-hydrogen) atoms. The highest BCUT2D eigenvalue weighted by atomic mass is 16.4. The maximum atomic E-state index is 12.3. The third-order valence-corrected chi connectivity index (χ3v) is 6.23.